The van der Waals surface area contributed by atoms with E-state index in [0.717, 1.165) is 42.6 Å². The van der Waals surface area contributed by atoms with Crippen molar-refractivity contribution in [3.8, 4) is 27.4 Å². The largest absolute Gasteiger partial charge is 0.494 e. The Morgan fingerprint density at radius 3 is 2.38 bits per heavy atom. The van der Waals surface area contributed by atoms with E-state index in [4.69, 9.17) is 9.72 Å². The van der Waals surface area contributed by atoms with Gasteiger partial charge in [-0.05, 0) is 79.8 Å². The number of fused-ring (bicyclic) bond motifs is 2. The zero-order valence-corrected chi connectivity index (χ0v) is 29.9. The molecular weight excluding hydrogens is 697 g/mol. The molecule has 53 heavy (non-hydrogen) atoms. The number of benzene rings is 3. The van der Waals surface area contributed by atoms with Crippen molar-refractivity contribution < 1.29 is 33.8 Å². The smallest absolute Gasteiger partial charge is 0.411 e. The summed E-state index contributed by atoms with van der Waals surface area (Å²) in [4.78, 5) is 75.6. The van der Waals surface area contributed by atoms with E-state index in [1.807, 2.05) is 73.7 Å². The van der Waals surface area contributed by atoms with Gasteiger partial charge in [-0.3, -0.25) is 34.3 Å². The van der Waals surface area contributed by atoms with Crippen molar-refractivity contribution in [3.63, 3.8) is 0 Å². The van der Waals surface area contributed by atoms with Gasteiger partial charge in [0.15, 0.2) is 0 Å². The number of hydrogen-bond donors (Lipinski definition) is 2. The van der Waals surface area contributed by atoms with Crippen molar-refractivity contribution in [2.24, 2.45) is 0 Å². The van der Waals surface area contributed by atoms with Crippen LogP contribution < -0.4 is 19.9 Å². The van der Waals surface area contributed by atoms with Crippen LogP contribution in [0.4, 0.5) is 16.3 Å². The van der Waals surface area contributed by atoms with E-state index in [1.165, 1.54) is 28.4 Å². The van der Waals surface area contributed by atoms with Crippen LogP contribution in [-0.2, 0) is 9.59 Å². The van der Waals surface area contributed by atoms with Crippen LogP contribution in [0.5, 0.6) is 5.75 Å². The third-order valence-corrected chi connectivity index (χ3v) is 10.4. The number of rotatable bonds is 12. The summed E-state index contributed by atoms with van der Waals surface area (Å²) in [7, 11) is 3.91. The number of nitrogens with zero attached hydrogens (tertiary/aromatic N) is 5. The highest BCUT2D eigenvalue weighted by Gasteiger charge is 2.44. The highest BCUT2D eigenvalue weighted by Crippen LogP contribution is 2.34. The molecule has 1 saturated heterocycles. The van der Waals surface area contributed by atoms with Crippen LogP contribution in [0.15, 0.2) is 79.0 Å². The van der Waals surface area contributed by atoms with Gasteiger partial charge in [-0.15, -0.1) is 11.3 Å². The minimum atomic E-state index is -1.04. The number of aromatic nitrogens is 2. The van der Waals surface area contributed by atoms with E-state index in [-0.39, 0.29) is 24.0 Å². The quantitative estimate of drug-likeness (QED) is 0.111. The second-order valence-corrected chi connectivity index (χ2v) is 14.1. The molecule has 14 heteroatoms. The number of nitrogens with one attached hydrogen (secondary N) is 1. The number of unbranched alkanes of at least 4 members (excludes halogenated alkanes) is 2. The molecule has 1 unspecified atom stereocenters. The number of pyridine rings is 1. The molecule has 2 N–H and O–H groups in total. The zero-order chi connectivity index (χ0) is 37.2. The number of thiazole rings is 1. The first-order chi connectivity index (χ1) is 25.6. The van der Waals surface area contributed by atoms with E-state index < -0.39 is 35.8 Å². The molecule has 0 saturated carbocycles. The standard InChI is InChI=1S/C39H36N6O7S/c1-43(2)33-16-10-25(22-40-33)23-6-8-24(9-7-23)36-41-30-14-11-26(20-32(30)53-36)44(39(50)51)18-4-3-5-19-52-27-12-13-28-29(21-27)38(49)45(37(28)48)31-15-17-34(46)42-35(31)47/h6-14,16,20-22,31H,3-5,15,17-19H2,1-2H3,(H,50,51)(H,42,46,47). The summed E-state index contributed by atoms with van der Waals surface area (Å²) in [5, 5.41) is 13.1. The molecule has 270 valence electrons. The van der Waals surface area contributed by atoms with Gasteiger partial charge in [-0.25, -0.2) is 14.8 Å². The highest BCUT2D eigenvalue weighted by molar-refractivity contribution is 7.21. The molecule has 7 rings (SSSR count). The maximum Gasteiger partial charge on any atom is 0.411 e. The molecule has 3 aromatic carbocycles. The minimum absolute atomic E-state index is 0.0491. The molecule has 2 aliphatic heterocycles. The third-order valence-electron chi connectivity index (χ3n) is 9.29. The van der Waals surface area contributed by atoms with Crippen LogP contribution >= 0.6 is 11.3 Å². The fourth-order valence-electron chi connectivity index (χ4n) is 6.45. The van der Waals surface area contributed by atoms with Gasteiger partial charge in [-0.2, -0.15) is 0 Å². The lowest BCUT2D eigenvalue weighted by atomic mass is 10.0. The van der Waals surface area contributed by atoms with E-state index in [0.29, 0.717) is 43.9 Å². The SMILES string of the molecule is CN(C)c1ccc(-c2ccc(-c3nc4ccc(N(CCCCCOc5ccc6c(c5)C(=O)N(C5CCC(=O)NC5=O)C6=O)C(=O)O)cc4s3)cc2)cn1. The lowest BCUT2D eigenvalue weighted by Gasteiger charge is -2.27. The summed E-state index contributed by atoms with van der Waals surface area (Å²) in [5.41, 5.74) is 4.75. The Bertz CT molecular complexity index is 2240. The number of carboxylic acid groups (broad SMARTS) is 1. The topological polar surface area (TPSA) is 162 Å². The predicted octanol–water partition coefficient (Wildman–Crippen LogP) is 6.23. The Balaban J connectivity index is 0.919. The third kappa shape index (κ3) is 7.31. The van der Waals surface area contributed by atoms with Gasteiger partial charge in [-0.1, -0.05) is 24.3 Å². The molecule has 5 aromatic rings. The number of carbonyl (C=O) groups excluding carboxylic acids is 4. The molecule has 2 aromatic heterocycles. The number of imide groups is 2. The minimum Gasteiger partial charge on any atom is -0.494 e. The van der Waals surface area contributed by atoms with Crippen LogP contribution in [0.1, 0.15) is 52.8 Å². The van der Waals surface area contributed by atoms with Gasteiger partial charge >= 0.3 is 6.09 Å². The van der Waals surface area contributed by atoms with Crippen molar-refractivity contribution in [2.75, 3.05) is 37.0 Å². The molecule has 0 aliphatic carbocycles. The molecular formula is C39H36N6O7S. The van der Waals surface area contributed by atoms with Crippen LogP contribution in [0.3, 0.4) is 0 Å². The summed E-state index contributed by atoms with van der Waals surface area (Å²) in [6.07, 6.45) is 2.87. The fraction of sp³-hybridized carbons (Fsp3) is 0.256. The van der Waals surface area contributed by atoms with Crippen LogP contribution in [-0.4, -0.2) is 83.0 Å². The molecule has 1 fully saturated rings. The average Bonchev–Trinajstić information content (AvgIpc) is 3.69. The van der Waals surface area contributed by atoms with E-state index in [1.54, 1.807) is 12.1 Å². The Morgan fingerprint density at radius 2 is 1.66 bits per heavy atom. The number of ether oxygens (including phenoxy) is 1. The first kappa shape index (κ1) is 35.3. The molecule has 4 heterocycles. The van der Waals surface area contributed by atoms with Crippen LogP contribution in [0.25, 0.3) is 31.9 Å². The predicted molar refractivity (Wildman–Crippen MR) is 200 cm³/mol. The van der Waals surface area contributed by atoms with Crippen molar-refractivity contribution in [3.05, 3.63) is 90.1 Å². The zero-order valence-electron chi connectivity index (χ0n) is 29.1. The maximum atomic E-state index is 13.1. The molecule has 2 aliphatic rings. The van der Waals surface area contributed by atoms with Gasteiger partial charge < -0.3 is 14.7 Å². The first-order valence-corrected chi connectivity index (χ1v) is 18.0. The van der Waals surface area contributed by atoms with E-state index >= 15 is 0 Å². The second kappa shape index (κ2) is 14.8. The van der Waals surface area contributed by atoms with Gasteiger partial charge in [0.25, 0.3) is 11.8 Å². The monoisotopic (exact) mass is 732 g/mol. The second-order valence-electron chi connectivity index (χ2n) is 13.0. The van der Waals surface area contributed by atoms with Crippen molar-refractivity contribution in [1.29, 1.82) is 0 Å². The van der Waals surface area contributed by atoms with Crippen molar-refractivity contribution in [2.45, 2.75) is 38.1 Å². The Kier molecular flexibility index (Phi) is 9.87. The molecule has 0 radical (unpaired) electrons. The molecule has 0 bridgehead atoms. The first-order valence-electron chi connectivity index (χ1n) is 17.2. The maximum absolute atomic E-state index is 13.1. The summed E-state index contributed by atoms with van der Waals surface area (Å²) in [5.74, 6) is -0.965. The molecule has 0 spiro atoms. The summed E-state index contributed by atoms with van der Waals surface area (Å²) < 4.78 is 6.74. The van der Waals surface area contributed by atoms with E-state index in [9.17, 15) is 29.1 Å². The summed E-state index contributed by atoms with van der Waals surface area (Å²) in [6.45, 7) is 0.616. The van der Waals surface area contributed by atoms with Gasteiger partial charge in [0.1, 0.15) is 22.6 Å². The van der Waals surface area contributed by atoms with Gasteiger partial charge in [0, 0.05) is 50.1 Å². The highest BCUT2D eigenvalue weighted by atomic mass is 32.1. The lowest BCUT2D eigenvalue weighted by Crippen LogP contribution is -2.54. The summed E-state index contributed by atoms with van der Waals surface area (Å²) in [6, 6.07) is 21.2. The average molecular weight is 733 g/mol. The molecule has 13 nitrogen and oxygen atoms in total. The number of hydrogen-bond acceptors (Lipinski definition) is 10. The van der Waals surface area contributed by atoms with Gasteiger partial charge in [0.2, 0.25) is 11.8 Å². The molecule has 5 amide bonds. The van der Waals surface area contributed by atoms with Crippen LogP contribution in [0.2, 0.25) is 0 Å². The van der Waals surface area contributed by atoms with Crippen molar-refractivity contribution in [1.82, 2.24) is 20.2 Å². The number of amides is 5. The summed E-state index contributed by atoms with van der Waals surface area (Å²) >= 11 is 1.51. The Labute approximate surface area is 308 Å². The Morgan fingerprint density at radius 1 is 0.906 bits per heavy atom. The number of carbonyl (C=O) groups is 5. The fourth-order valence-corrected chi connectivity index (χ4v) is 7.45. The van der Waals surface area contributed by atoms with Crippen LogP contribution in [0, 0.1) is 0 Å². The molecule has 1 atom stereocenters. The lowest BCUT2D eigenvalue weighted by molar-refractivity contribution is -0.136. The van der Waals surface area contributed by atoms with E-state index in [2.05, 4.69) is 10.3 Å². The number of piperidine rings is 1. The van der Waals surface area contributed by atoms with Gasteiger partial charge in [0.05, 0.1) is 28.0 Å². The normalized spacial score (nSPS) is 15.4. The number of anilines is 2. The van der Waals surface area contributed by atoms with Crippen molar-refractivity contribution >= 4 is 62.8 Å². The Hall–Kier alpha value is -6.15.